The predicted molar refractivity (Wildman–Crippen MR) is 182 cm³/mol. The Labute approximate surface area is 268 Å². The molecule has 232 valence electrons. The molecule has 4 aromatic carbocycles. The zero-order valence-corrected chi connectivity index (χ0v) is 26.3. The maximum absolute atomic E-state index is 12.7. The fourth-order valence-electron chi connectivity index (χ4n) is 5.86. The lowest BCUT2D eigenvalue weighted by atomic mass is 9.97. The van der Waals surface area contributed by atoms with Crippen LogP contribution in [0, 0.1) is 0 Å². The summed E-state index contributed by atoms with van der Waals surface area (Å²) in [5.41, 5.74) is 12.4. The van der Waals surface area contributed by atoms with E-state index in [2.05, 4.69) is 28.4 Å². The van der Waals surface area contributed by atoms with Crippen LogP contribution in [0.2, 0.25) is 0 Å². The molecule has 1 aliphatic heterocycles. The molecular formula is C37H39N3O4S. The van der Waals surface area contributed by atoms with Crippen LogP contribution in [0.25, 0.3) is 20.5 Å². The number of benzene rings is 4. The number of phenolic OH excluding ortho intramolecular Hbond substituents is 1. The Bertz CT molecular complexity index is 1750. The Morgan fingerprint density at radius 2 is 1.76 bits per heavy atom. The fourth-order valence-corrected chi connectivity index (χ4v) is 7.12. The zero-order chi connectivity index (χ0) is 31.2. The number of fused-ring (bicyclic) bond motifs is 1. The number of carbonyl (C=O) groups is 1. The molecule has 1 aromatic heterocycles. The number of thiophene rings is 1. The van der Waals surface area contributed by atoms with Gasteiger partial charge in [0.2, 0.25) is 5.91 Å². The second kappa shape index (κ2) is 14.3. The van der Waals surface area contributed by atoms with Gasteiger partial charge in [0.15, 0.2) is 0 Å². The van der Waals surface area contributed by atoms with Crippen molar-refractivity contribution >= 4 is 33.0 Å². The first-order chi connectivity index (χ1) is 22.0. The van der Waals surface area contributed by atoms with E-state index < -0.39 is 6.04 Å². The van der Waals surface area contributed by atoms with Crippen molar-refractivity contribution < 1.29 is 19.4 Å². The summed E-state index contributed by atoms with van der Waals surface area (Å²) in [7, 11) is 1.74. The summed E-state index contributed by atoms with van der Waals surface area (Å²) in [5.74, 6) is 0.870. The molecule has 4 N–H and O–H groups in total. The molecule has 1 aliphatic rings. The molecule has 0 aliphatic carbocycles. The van der Waals surface area contributed by atoms with Crippen molar-refractivity contribution in [3.63, 3.8) is 0 Å². The molecule has 0 unspecified atom stereocenters. The highest BCUT2D eigenvalue weighted by atomic mass is 32.1. The van der Waals surface area contributed by atoms with E-state index >= 15 is 0 Å². The molecule has 1 atom stereocenters. The number of nitrogens with two attached hydrogens (primary N) is 1. The quantitative estimate of drug-likeness (QED) is 0.140. The van der Waals surface area contributed by atoms with Gasteiger partial charge in [-0.1, -0.05) is 54.6 Å². The predicted octanol–water partition coefficient (Wildman–Crippen LogP) is 6.95. The summed E-state index contributed by atoms with van der Waals surface area (Å²) in [6, 6.07) is 28.9. The average molecular weight is 622 g/mol. The van der Waals surface area contributed by atoms with Gasteiger partial charge in [0, 0.05) is 27.4 Å². The maximum Gasteiger partial charge on any atom is 0.243 e. The second-order valence-electron chi connectivity index (χ2n) is 11.6. The third kappa shape index (κ3) is 7.54. The minimum absolute atomic E-state index is 0.126. The molecule has 1 amide bonds. The Morgan fingerprint density at radius 3 is 2.51 bits per heavy atom. The number of hydrogen-bond acceptors (Lipinski definition) is 7. The van der Waals surface area contributed by atoms with E-state index in [0.29, 0.717) is 12.3 Å². The largest absolute Gasteiger partial charge is 0.508 e. The van der Waals surface area contributed by atoms with E-state index in [1.54, 1.807) is 24.5 Å². The van der Waals surface area contributed by atoms with Gasteiger partial charge in [-0.25, -0.2) is 0 Å². The van der Waals surface area contributed by atoms with E-state index in [1.165, 1.54) is 29.5 Å². The molecule has 1 fully saturated rings. The van der Waals surface area contributed by atoms with Crippen LogP contribution >= 0.6 is 11.3 Å². The number of carbonyl (C=O) groups excluding carboxylic acids is 1. The lowest BCUT2D eigenvalue weighted by Gasteiger charge is -2.18. The van der Waals surface area contributed by atoms with Crippen molar-refractivity contribution in [1.82, 2.24) is 4.90 Å². The molecule has 1 saturated heterocycles. The van der Waals surface area contributed by atoms with Crippen molar-refractivity contribution in [3.05, 3.63) is 113 Å². The van der Waals surface area contributed by atoms with Gasteiger partial charge in [-0.2, -0.15) is 0 Å². The Kier molecular flexibility index (Phi) is 9.76. The lowest BCUT2D eigenvalue weighted by molar-refractivity contribution is -0.118. The number of rotatable bonds is 12. The van der Waals surface area contributed by atoms with Crippen LogP contribution in [0.3, 0.4) is 0 Å². The Hall–Kier alpha value is -4.21. The average Bonchev–Trinajstić information content (AvgIpc) is 3.70. The molecule has 0 bridgehead atoms. The molecule has 5 aromatic rings. The summed E-state index contributed by atoms with van der Waals surface area (Å²) in [6.45, 7) is 3.72. The Balaban J connectivity index is 1.18. The monoisotopic (exact) mass is 621 g/mol. The van der Waals surface area contributed by atoms with Gasteiger partial charge in [0.25, 0.3) is 0 Å². The zero-order valence-electron chi connectivity index (χ0n) is 25.5. The summed E-state index contributed by atoms with van der Waals surface area (Å²) >= 11 is 1.65. The molecule has 0 saturated carbocycles. The maximum atomic E-state index is 12.7. The van der Waals surface area contributed by atoms with Gasteiger partial charge >= 0.3 is 0 Å². The molecule has 2 heterocycles. The number of likely N-dealkylation sites (tertiary alicyclic amines) is 1. The van der Waals surface area contributed by atoms with Gasteiger partial charge in [0.1, 0.15) is 17.5 Å². The first-order valence-corrected chi connectivity index (χ1v) is 16.2. The minimum atomic E-state index is -0.783. The van der Waals surface area contributed by atoms with Crippen molar-refractivity contribution in [1.29, 1.82) is 0 Å². The van der Waals surface area contributed by atoms with Crippen LogP contribution in [0.1, 0.15) is 35.1 Å². The number of anilines is 1. The topological polar surface area (TPSA) is 97.0 Å². The smallest absolute Gasteiger partial charge is 0.243 e. The van der Waals surface area contributed by atoms with E-state index in [0.717, 1.165) is 57.9 Å². The highest BCUT2D eigenvalue weighted by Crippen LogP contribution is 2.42. The Morgan fingerprint density at radius 1 is 0.978 bits per heavy atom. The number of nitrogens with one attached hydrogen (secondary N) is 1. The minimum Gasteiger partial charge on any atom is -0.508 e. The first-order valence-electron chi connectivity index (χ1n) is 15.4. The first kappa shape index (κ1) is 30.8. The number of methoxy groups -OCH3 is 1. The van der Waals surface area contributed by atoms with Gasteiger partial charge < -0.3 is 25.6 Å². The van der Waals surface area contributed by atoms with Crippen molar-refractivity contribution in [2.45, 2.75) is 38.5 Å². The van der Waals surface area contributed by atoms with Gasteiger partial charge in [-0.15, -0.1) is 11.3 Å². The van der Waals surface area contributed by atoms with Crippen LogP contribution in [0.15, 0.2) is 91.0 Å². The summed E-state index contributed by atoms with van der Waals surface area (Å²) in [6.07, 6.45) is 3.24. The second-order valence-corrected chi connectivity index (χ2v) is 12.6. The normalized spacial score (nSPS) is 14.1. The van der Waals surface area contributed by atoms with E-state index in [-0.39, 0.29) is 18.3 Å². The third-order valence-electron chi connectivity index (χ3n) is 8.26. The number of hydrogen-bond donors (Lipinski definition) is 3. The molecule has 0 radical (unpaired) electrons. The van der Waals surface area contributed by atoms with Crippen molar-refractivity contribution in [2.24, 2.45) is 5.73 Å². The van der Waals surface area contributed by atoms with Crippen LogP contribution in [-0.2, 0) is 29.1 Å². The van der Waals surface area contributed by atoms with Crippen LogP contribution < -0.4 is 15.8 Å². The van der Waals surface area contributed by atoms with Gasteiger partial charge in [0.05, 0.1) is 20.3 Å². The van der Waals surface area contributed by atoms with E-state index in [1.807, 2.05) is 66.7 Å². The molecule has 45 heavy (non-hydrogen) atoms. The SMILES string of the molecule is COc1cc(Cc2c(-c3ccc(NC(=O)[C@@H](N)COCc4ccccc4)cc3)sc3cc(O)ccc23)ccc1CN1CCCC1. The molecule has 0 spiro atoms. The van der Waals surface area contributed by atoms with E-state index in [9.17, 15) is 9.90 Å². The fraction of sp³-hybridized carbons (Fsp3) is 0.270. The van der Waals surface area contributed by atoms with Crippen LogP contribution in [-0.4, -0.2) is 48.8 Å². The number of ether oxygens (including phenoxy) is 2. The van der Waals surface area contributed by atoms with E-state index in [4.69, 9.17) is 15.2 Å². The number of aromatic hydroxyl groups is 1. The lowest BCUT2D eigenvalue weighted by Crippen LogP contribution is -2.39. The van der Waals surface area contributed by atoms with Crippen LogP contribution in [0.5, 0.6) is 11.5 Å². The van der Waals surface area contributed by atoms with Gasteiger partial charge in [-0.3, -0.25) is 9.69 Å². The third-order valence-corrected chi connectivity index (χ3v) is 9.51. The van der Waals surface area contributed by atoms with Crippen molar-refractivity contribution in [2.75, 3.05) is 32.1 Å². The molecular weight excluding hydrogens is 582 g/mol. The summed E-state index contributed by atoms with van der Waals surface area (Å²) in [5, 5.41) is 14.2. The highest BCUT2D eigenvalue weighted by molar-refractivity contribution is 7.22. The summed E-state index contributed by atoms with van der Waals surface area (Å²) < 4.78 is 12.5. The number of amides is 1. The highest BCUT2D eigenvalue weighted by Gasteiger charge is 2.19. The van der Waals surface area contributed by atoms with Gasteiger partial charge in [-0.05, 0) is 96.4 Å². The molecule has 8 heteroatoms. The molecule has 6 rings (SSSR count). The van der Waals surface area contributed by atoms with Crippen LogP contribution in [0.4, 0.5) is 5.69 Å². The number of phenols is 1. The standard InChI is InChI=1S/C37H39N3O4S/c1-43-34-20-26(9-10-28(34)22-40-17-5-6-18-40)19-32-31-16-15-30(41)21-35(31)45-36(32)27-11-13-29(14-12-27)39-37(42)33(38)24-44-23-25-7-3-2-4-8-25/h2-4,7-16,20-21,33,41H,5-6,17-19,22-24,38H2,1H3,(H,39,42)/t33-/m0/s1. The molecule has 7 nitrogen and oxygen atoms in total. The summed E-state index contributed by atoms with van der Waals surface area (Å²) in [4.78, 5) is 16.3. The van der Waals surface area contributed by atoms with Crippen molar-refractivity contribution in [3.8, 4) is 21.9 Å². The number of nitrogens with zero attached hydrogens (tertiary/aromatic N) is 1.